The second-order valence-electron chi connectivity index (χ2n) is 5.15. The van der Waals surface area contributed by atoms with Crippen molar-refractivity contribution in [2.24, 2.45) is 4.99 Å². The summed E-state index contributed by atoms with van der Waals surface area (Å²) in [5, 5.41) is 6.63. The molecule has 2 N–H and O–H groups in total. The van der Waals surface area contributed by atoms with E-state index in [1.54, 1.807) is 7.05 Å². The van der Waals surface area contributed by atoms with Crippen molar-refractivity contribution < 1.29 is 14.2 Å². The van der Waals surface area contributed by atoms with Crippen molar-refractivity contribution in [3.8, 4) is 17.2 Å². The van der Waals surface area contributed by atoms with Gasteiger partial charge in [-0.3, -0.25) is 4.99 Å². The maximum atomic E-state index is 5.70. The lowest BCUT2D eigenvalue weighted by atomic mass is 10.2. The fraction of sp³-hybridized carbons (Fsp3) is 0.438. The minimum atomic E-state index is 0. The lowest BCUT2D eigenvalue weighted by Gasteiger charge is -2.17. The monoisotopic (exact) mass is 431 g/mol. The molecule has 0 unspecified atom stereocenters. The van der Waals surface area contributed by atoms with Crippen molar-refractivity contribution in [3.63, 3.8) is 0 Å². The summed E-state index contributed by atoms with van der Waals surface area (Å²) < 4.78 is 16.3. The summed E-state index contributed by atoms with van der Waals surface area (Å²) in [6, 6.07) is 6.03. The van der Waals surface area contributed by atoms with E-state index in [4.69, 9.17) is 14.2 Å². The van der Waals surface area contributed by atoms with E-state index in [1.165, 1.54) is 0 Å². The SMILES string of the molecule is CN=C(NCCOc1ccc2c(c1)OCO2)NC1CC=CC1.I. The zero-order valence-electron chi connectivity index (χ0n) is 13.1. The summed E-state index contributed by atoms with van der Waals surface area (Å²) in [7, 11) is 1.77. The average molecular weight is 431 g/mol. The molecule has 23 heavy (non-hydrogen) atoms. The molecule has 1 heterocycles. The fourth-order valence-corrected chi connectivity index (χ4v) is 2.43. The first-order valence-corrected chi connectivity index (χ1v) is 7.50. The van der Waals surface area contributed by atoms with Crippen LogP contribution in [0, 0.1) is 0 Å². The Morgan fingerprint density at radius 1 is 1.26 bits per heavy atom. The summed E-state index contributed by atoms with van der Waals surface area (Å²) in [5.41, 5.74) is 0. The average Bonchev–Trinajstić information content (AvgIpc) is 3.21. The van der Waals surface area contributed by atoms with Gasteiger partial charge in [-0.05, 0) is 25.0 Å². The molecule has 0 fully saturated rings. The van der Waals surface area contributed by atoms with E-state index < -0.39 is 0 Å². The number of aliphatic imine (C=N–C) groups is 1. The Hall–Kier alpha value is -1.64. The van der Waals surface area contributed by atoms with Crippen LogP contribution < -0.4 is 24.8 Å². The van der Waals surface area contributed by atoms with Crippen molar-refractivity contribution in [2.75, 3.05) is 27.0 Å². The Kier molecular flexibility index (Phi) is 6.82. The van der Waals surface area contributed by atoms with Crippen molar-refractivity contribution in [3.05, 3.63) is 30.4 Å². The largest absolute Gasteiger partial charge is 0.492 e. The number of guanidine groups is 1. The van der Waals surface area contributed by atoms with Gasteiger partial charge < -0.3 is 24.8 Å². The summed E-state index contributed by atoms with van der Waals surface area (Å²) >= 11 is 0. The van der Waals surface area contributed by atoms with Gasteiger partial charge in [0.1, 0.15) is 12.4 Å². The minimum absolute atomic E-state index is 0. The second-order valence-corrected chi connectivity index (χ2v) is 5.15. The molecule has 0 saturated heterocycles. The highest BCUT2D eigenvalue weighted by atomic mass is 127. The number of nitrogens with one attached hydrogen (secondary N) is 2. The van der Waals surface area contributed by atoms with Crippen molar-refractivity contribution in [1.82, 2.24) is 10.6 Å². The second kappa shape index (κ2) is 8.85. The van der Waals surface area contributed by atoms with Gasteiger partial charge in [-0.25, -0.2) is 0 Å². The smallest absolute Gasteiger partial charge is 0.231 e. The Morgan fingerprint density at radius 2 is 2.04 bits per heavy atom. The first-order valence-electron chi connectivity index (χ1n) is 7.50. The Balaban J connectivity index is 0.00000192. The topological polar surface area (TPSA) is 64.1 Å². The summed E-state index contributed by atoms with van der Waals surface area (Å²) in [6.07, 6.45) is 6.48. The quantitative estimate of drug-likeness (QED) is 0.246. The molecular formula is C16H22IN3O3. The lowest BCUT2D eigenvalue weighted by Crippen LogP contribution is -2.43. The van der Waals surface area contributed by atoms with Crippen molar-refractivity contribution in [1.29, 1.82) is 0 Å². The number of rotatable bonds is 5. The maximum absolute atomic E-state index is 5.70. The van der Waals surface area contributed by atoms with E-state index in [0.29, 0.717) is 19.2 Å². The van der Waals surface area contributed by atoms with Crippen LogP contribution in [-0.2, 0) is 0 Å². The van der Waals surface area contributed by atoms with Crippen LogP contribution in [0.3, 0.4) is 0 Å². The highest BCUT2D eigenvalue weighted by Crippen LogP contribution is 2.34. The van der Waals surface area contributed by atoms with Crippen LogP contribution in [0.5, 0.6) is 17.2 Å². The molecule has 0 atom stereocenters. The number of hydrogen-bond acceptors (Lipinski definition) is 4. The third kappa shape index (κ3) is 4.92. The first-order chi connectivity index (χ1) is 10.8. The van der Waals surface area contributed by atoms with Crippen molar-refractivity contribution in [2.45, 2.75) is 18.9 Å². The van der Waals surface area contributed by atoms with Gasteiger partial charge in [0.15, 0.2) is 17.5 Å². The molecule has 0 saturated carbocycles. The van der Waals surface area contributed by atoms with Crippen LogP contribution in [0.2, 0.25) is 0 Å². The van der Waals surface area contributed by atoms with Gasteiger partial charge in [0.05, 0.1) is 6.54 Å². The van der Waals surface area contributed by atoms with E-state index in [1.807, 2.05) is 18.2 Å². The molecule has 1 aromatic rings. The number of fused-ring (bicyclic) bond motifs is 1. The number of hydrogen-bond donors (Lipinski definition) is 2. The van der Waals surface area contributed by atoms with E-state index in [9.17, 15) is 0 Å². The number of benzene rings is 1. The molecule has 1 aliphatic heterocycles. The minimum Gasteiger partial charge on any atom is -0.492 e. The Morgan fingerprint density at radius 3 is 2.83 bits per heavy atom. The standard InChI is InChI=1S/C16H21N3O3.HI/c1-17-16(19-12-4-2-3-5-12)18-8-9-20-13-6-7-14-15(10-13)22-11-21-14;/h2-3,6-7,10,12H,4-5,8-9,11H2,1H3,(H2,17,18,19);1H. The molecule has 2 aliphatic rings. The first kappa shape index (κ1) is 17.7. The molecule has 126 valence electrons. The lowest BCUT2D eigenvalue weighted by molar-refractivity contribution is 0.173. The molecule has 0 radical (unpaired) electrons. The molecule has 0 amide bonds. The van der Waals surface area contributed by atoms with E-state index in [2.05, 4.69) is 27.8 Å². The normalized spacial score (nSPS) is 16.1. The van der Waals surface area contributed by atoms with E-state index >= 15 is 0 Å². The molecule has 0 aromatic heterocycles. The number of nitrogens with zero attached hydrogens (tertiary/aromatic N) is 1. The Labute approximate surface area is 153 Å². The van der Waals surface area contributed by atoms with E-state index in [-0.39, 0.29) is 30.8 Å². The van der Waals surface area contributed by atoms with Gasteiger partial charge in [0.2, 0.25) is 6.79 Å². The Bertz CT molecular complexity index is 570. The van der Waals surface area contributed by atoms with Gasteiger partial charge in [0.25, 0.3) is 0 Å². The number of halogens is 1. The van der Waals surface area contributed by atoms with E-state index in [0.717, 1.165) is 36.0 Å². The van der Waals surface area contributed by atoms with Crippen LogP contribution in [0.25, 0.3) is 0 Å². The third-order valence-electron chi connectivity index (χ3n) is 3.58. The van der Waals surface area contributed by atoms with Gasteiger partial charge in [0, 0.05) is 19.2 Å². The molecule has 1 aromatic carbocycles. The van der Waals surface area contributed by atoms with Crippen LogP contribution >= 0.6 is 24.0 Å². The van der Waals surface area contributed by atoms with Crippen LogP contribution in [0.4, 0.5) is 0 Å². The van der Waals surface area contributed by atoms with Crippen molar-refractivity contribution >= 4 is 29.9 Å². The van der Waals surface area contributed by atoms with Gasteiger partial charge in [-0.2, -0.15) is 0 Å². The van der Waals surface area contributed by atoms with Gasteiger partial charge in [-0.15, -0.1) is 24.0 Å². The molecule has 3 rings (SSSR count). The van der Waals surface area contributed by atoms with Gasteiger partial charge >= 0.3 is 0 Å². The summed E-state index contributed by atoms with van der Waals surface area (Å²) in [4.78, 5) is 4.22. The van der Waals surface area contributed by atoms with Gasteiger partial charge in [-0.1, -0.05) is 12.2 Å². The summed E-state index contributed by atoms with van der Waals surface area (Å²) in [6.45, 7) is 1.50. The predicted octanol–water partition coefficient (Wildman–Crippen LogP) is 2.30. The van der Waals surface area contributed by atoms with Crippen LogP contribution in [0.15, 0.2) is 35.3 Å². The molecule has 7 heteroatoms. The third-order valence-corrected chi connectivity index (χ3v) is 3.58. The van der Waals surface area contributed by atoms with Crippen LogP contribution in [0.1, 0.15) is 12.8 Å². The zero-order chi connectivity index (χ0) is 15.2. The predicted molar refractivity (Wildman–Crippen MR) is 100 cm³/mol. The molecular weight excluding hydrogens is 409 g/mol. The highest BCUT2D eigenvalue weighted by molar-refractivity contribution is 14.0. The molecule has 6 nitrogen and oxygen atoms in total. The zero-order valence-corrected chi connectivity index (χ0v) is 15.4. The molecule has 0 spiro atoms. The molecule has 1 aliphatic carbocycles. The molecule has 0 bridgehead atoms. The summed E-state index contributed by atoms with van der Waals surface area (Å²) in [5.74, 6) is 3.08. The fourth-order valence-electron chi connectivity index (χ4n) is 2.43. The highest BCUT2D eigenvalue weighted by Gasteiger charge is 2.14. The maximum Gasteiger partial charge on any atom is 0.231 e. The number of ether oxygens (including phenoxy) is 3. The van der Waals surface area contributed by atoms with Crippen LogP contribution in [-0.4, -0.2) is 39.0 Å².